The fourth-order valence-electron chi connectivity index (χ4n) is 2.39. The van der Waals surface area contributed by atoms with Crippen molar-refractivity contribution in [3.05, 3.63) is 78.1 Å². The lowest BCUT2D eigenvalue weighted by Gasteiger charge is -2.09. The highest BCUT2D eigenvalue weighted by atomic mass is 16.5. The van der Waals surface area contributed by atoms with Crippen LogP contribution in [0.2, 0.25) is 0 Å². The van der Waals surface area contributed by atoms with Gasteiger partial charge in [-0.2, -0.15) is 5.10 Å². The van der Waals surface area contributed by atoms with E-state index >= 15 is 0 Å². The Labute approximate surface area is 145 Å². The average molecular weight is 335 g/mol. The molecule has 2 N–H and O–H groups in total. The third kappa shape index (κ3) is 3.69. The van der Waals surface area contributed by atoms with Crippen molar-refractivity contribution in [1.29, 1.82) is 0 Å². The van der Waals surface area contributed by atoms with Crippen molar-refractivity contribution >= 4 is 12.1 Å². The molecular formula is C19H17N3O3. The second-order valence-corrected chi connectivity index (χ2v) is 5.24. The average Bonchev–Trinajstić information content (AvgIpc) is 3.17. The minimum Gasteiger partial charge on any atom is -0.504 e. The second-order valence-electron chi connectivity index (χ2n) is 5.24. The van der Waals surface area contributed by atoms with Gasteiger partial charge < -0.3 is 14.4 Å². The van der Waals surface area contributed by atoms with Crippen molar-refractivity contribution < 1.29 is 14.6 Å². The molecule has 126 valence electrons. The van der Waals surface area contributed by atoms with Gasteiger partial charge in [0.2, 0.25) is 0 Å². The fourth-order valence-corrected chi connectivity index (χ4v) is 2.39. The van der Waals surface area contributed by atoms with Crippen molar-refractivity contribution in [3.63, 3.8) is 0 Å². The summed E-state index contributed by atoms with van der Waals surface area (Å²) in [6.07, 6.45) is 5.23. The van der Waals surface area contributed by atoms with Crippen molar-refractivity contribution in [2.45, 2.75) is 0 Å². The van der Waals surface area contributed by atoms with Gasteiger partial charge in [0.05, 0.1) is 24.6 Å². The molecule has 0 aliphatic heterocycles. The highest BCUT2D eigenvalue weighted by Gasteiger charge is 2.11. The van der Waals surface area contributed by atoms with Crippen LogP contribution in [-0.4, -0.2) is 28.9 Å². The van der Waals surface area contributed by atoms with Crippen molar-refractivity contribution in [2.24, 2.45) is 5.10 Å². The van der Waals surface area contributed by atoms with E-state index in [1.54, 1.807) is 24.3 Å². The van der Waals surface area contributed by atoms with Gasteiger partial charge in [0.1, 0.15) is 0 Å². The molecule has 0 atom stereocenters. The van der Waals surface area contributed by atoms with Gasteiger partial charge in [-0.05, 0) is 48.0 Å². The van der Waals surface area contributed by atoms with E-state index in [2.05, 4.69) is 10.5 Å². The highest BCUT2D eigenvalue weighted by Crippen LogP contribution is 2.25. The number of phenolic OH excluding ortho intramolecular Hbond substituents is 1. The molecule has 0 unspecified atom stereocenters. The SMILES string of the molecule is COc1cc(C=NNC(=O)c2ccccc2-n2cccc2)ccc1O. The summed E-state index contributed by atoms with van der Waals surface area (Å²) >= 11 is 0. The lowest BCUT2D eigenvalue weighted by molar-refractivity contribution is 0.0955. The van der Waals surface area contributed by atoms with E-state index in [1.165, 1.54) is 19.4 Å². The number of amides is 1. The largest absolute Gasteiger partial charge is 0.504 e. The predicted molar refractivity (Wildman–Crippen MR) is 95.5 cm³/mol. The zero-order valence-corrected chi connectivity index (χ0v) is 13.6. The molecule has 6 heteroatoms. The third-order valence-electron chi connectivity index (χ3n) is 3.61. The van der Waals surface area contributed by atoms with Crippen LogP contribution in [-0.2, 0) is 0 Å². The summed E-state index contributed by atoms with van der Waals surface area (Å²) in [6, 6.07) is 15.9. The smallest absolute Gasteiger partial charge is 0.273 e. The van der Waals surface area contributed by atoms with E-state index in [4.69, 9.17) is 4.74 Å². The Balaban J connectivity index is 1.75. The lowest BCUT2D eigenvalue weighted by Crippen LogP contribution is -2.19. The summed E-state index contributed by atoms with van der Waals surface area (Å²) in [4.78, 5) is 12.4. The molecule has 3 rings (SSSR count). The standard InChI is InChI=1S/C19H17N3O3/c1-25-18-12-14(8-9-17(18)23)13-20-21-19(24)15-6-2-3-7-16(15)22-10-4-5-11-22/h2-13,23H,1H3,(H,21,24). The number of nitrogens with zero attached hydrogens (tertiary/aromatic N) is 2. The lowest BCUT2D eigenvalue weighted by atomic mass is 10.1. The topological polar surface area (TPSA) is 75.8 Å². The maximum absolute atomic E-state index is 12.4. The molecule has 25 heavy (non-hydrogen) atoms. The number of carbonyl (C=O) groups is 1. The number of aromatic hydroxyl groups is 1. The maximum Gasteiger partial charge on any atom is 0.273 e. The van der Waals surface area contributed by atoms with E-state index in [1.807, 2.05) is 41.2 Å². The quantitative estimate of drug-likeness (QED) is 0.556. The predicted octanol–water partition coefficient (Wildman–Crippen LogP) is 2.96. The van der Waals surface area contributed by atoms with Gasteiger partial charge in [-0.25, -0.2) is 5.43 Å². The fraction of sp³-hybridized carbons (Fsp3) is 0.0526. The molecule has 0 aliphatic carbocycles. The first kappa shape index (κ1) is 16.3. The molecule has 3 aromatic rings. The summed E-state index contributed by atoms with van der Waals surface area (Å²) in [6.45, 7) is 0. The minimum atomic E-state index is -0.314. The number of phenols is 1. The maximum atomic E-state index is 12.4. The Morgan fingerprint density at radius 3 is 2.68 bits per heavy atom. The number of rotatable bonds is 5. The molecule has 0 aliphatic rings. The van der Waals surface area contributed by atoms with Crippen LogP contribution >= 0.6 is 0 Å². The van der Waals surface area contributed by atoms with Gasteiger partial charge >= 0.3 is 0 Å². The number of para-hydroxylation sites is 1. The molecule has 0 bridgehead atoms. The molecule has 0 spiro atoms. The van der Waals surface area contributed by atoms with Crippen LogP contribution in [0.4, 0.5) is 0 Å². The summed E-state index contributed by atoms with van der Waals surface area (Å²) in [7, 11) is 1.47. The number of methoxy groups -OCH3 is 1. The summed E-state index contributed by atoms with van der Waals surface area (Å²) in [5.41, 5.74) is 4.49. The number of carbonyl (C=O) groups excluding carboxylic acids is 1. The van der Waals surface area contributed by atoms with Crippen molar-refractivity contribution in [2.75, 3.05) is 7.11 Å². The highest BCUT2D eigenvalue weighted by molar-refractivity contribution is 5.98. The van der Waals surface area contributed by atoms with Crippen LogP contribution < -0.4 is 10.2 Å². The summed E-state index contributed by atoms with van der Waals surface area (Å²) < 4.78 is 6.90. The summed E-state index contributed by atoms with van der Waals surface area (Å²) in [5, 5.41) is 13.6. The normalized spacial score (nSPS) is 10.8. The van der Waals surface area contributed by atoms with Crippen LogP contribution in [0.15, 0.2) is 72.1 Å². The van der Waals surface area contributed by atoms with Crippen molar-refractivity contribution in [3.8, 4) is 17.2 Å². The molecule has 1 heterocycles. The van der Waals surface area contributed by atoms with Crippen LogP contribution in [0, 0.1) is 0 Å². The zero-order chi connectivity index (χ0) is 17.6. The molecule has 0 saturated heterocycles. The first-order chi connectivity index (χ1) is 12.2. The number of hydrazone groups is 1. The van der Waals surface area contributed by atoms with Crippen LogP contribution in [0.25, 0.3) is 5.69 Å². The zero-order valence-electron chi connectivity index (χ0n) is 13.6. The van der Waals surface area contributed by atoms with Gasteiger partial charge in [0, 0.05) is 12.4 Å². The van der Waals surface area contributed by atoms with E-state index in [0.29, 0.717) is 16.9 Å². The van der Waals surface area contributed by atoms with Crippen LogP contribution in [0.3, 0.4) is 0 Å². The van der Waals surface area contributed by atoms with Gasteiger partial charge in [0.15, 0.2) is 11.5 Å². The molecule has 1 amide bonds. The number of nitrogens with one attached hydrogen (secondary N) is 1. The monoisotopic (exact) mass is 335 g/mol. The third-order valence-corrected chi connectivity index (χ3v) is 3.61. The molecule has 6 nitrogen and oxygen atoms in total. The van der Waals surface area contributed by atoms with E-state index in [-0.39, 0.29) is 11.7 Å². The Hall–Kier alpha value is -3.54. The minimum absolute atomic E-state index is 0.0457. The Morgan fingerprint density at radius 2 is 1.92 bits per heavy atom. The molecule has 2 aromatic carbocycles. The number of benzene rings is 2. The number of hydrogen-bond donors (Lipinski definition) is 2. The first-order valence-electron chi connectivity index (χ1n) is 7.62. The molecule has 0 fully saturated rings. The van der Waals surface area contributed by atoms with E-state index < -0.39 is 0 Å². The Morgan fingerprint density at radius 1 is 1.16 bits per heavy atom. The van der Waals surface area contributed by atoms with E-state index in [0.717, 1.165) is 5.69 Å². The molecule has 0 saturated carbocycles. The molecular weight excluding hydrogens is 318 g/mol. The Kier molecular flexibility index (Phi) is 4.80. The number of hydrogen-bond acceptors (Lipinski definition) is 4. The molecule has 1 aromatic heterocycles. The van der Waals surface area contributed by atoms with Gasteiger partial charge in [-0.1, -0.05) is 12.1 Å². The number of aromatic nitrogens is 1. The van der Waals surface area contributed by atoms with Gasteiger partial charge in [-0.3, -0.25) is 4.79 Å². The van der Waals surface area contributed by atoms with Gasteiger partial charge in [-0.15, -0.1) is 0 Å². The molecule has 0 radical (unpaired) electrons. The van der Waals surface area contributed by atoms with Gasteiger partial charge in [0.25, 0.3) is 5.91 Å². The van der Waals surface area contributed by atoms with E-state index in [9.17, 15) is 9.90 Å². The van der Waals surface area contributed by atoms with Crippen LogP contribution in [0.5, 0.6) is 11.5 Å². The van der Waals surface area contributed by atoms with Crippen LogP contribution in [0.1, 0.15) is 15.9 Å². The first-order valence-corrected chi connectivity index (χ1v) is 7.62. The Bertz CT molecular complexity index is 902. The van der Waals surface area contributed by atoms with Crippen molar-refractivity contribution in [1.82, 2.24) is 9.99 Å². The second kappa shape index (κ2) is 7.35. The number of ether oxygens (including phenoxy) is 1. The summed E-state index contributed by atoms with van der Waals surface area (Å²) in [5.74, 6) is 0.0730.